The number of benzene rings is 2. The van der Waals surface area contributed by atoms with Crippen molar-refractivity contribution in [3.05, 3.63) is 89.1 Å². The van der Waals surface area contributed by atoms with Crippen LogP contribution in [0.15, 0.2) is 65.2 Å². The summed E-state index contributed by atoms with van der Waals surface area (Å²) in [6, 6.07) is 17.5. The fourth-order valence-electron chi connectivity index (χ4n) is 3.85. The molecule has 0 saturated carbocycles. The van der Waals surface area contributed by atoms with Crippen LogP contribution in [-0.4, -0.2) is 27.5 Å². The van der Waals surface area contributed by atoms with Crippen LogP contribution in [0, 0.1) is 0 Å². The molecule has 144 valence electrons. The van der Waals surface area contributed by atoms with E-state index in [9.17, 15) is 9.90 Å². The highest BCUT2D eigenvalue weighted by atomic mass is 16.4. The molecule has 0 amide bonds. The minimum Gasteiger partial charge on any atom is -0.478 e. The van der Waals surface area contributed by atoms with E-state index in [1.807, 2.05) is 30.5 Å². The number of hydrogen-bond donors (Lipinski definition) is 1. The number of rotatable bonds is 6. The first kappa shape index (κ1) is 18.4. The minimum atomic E-state index is -0.893. The Labute approximate surface area is 164 Å². The van der Waals surface area contributed by atoms with Crippen molar-refractivity contribution in [2.45, 2.75) is 38.3 Å². The van der Waals surface area contributed by atoms with Gasteiger partial charge in [0.2, 0.25) is 5.89 Å². The molecule has 0 bridgehead atoms. The van der Waals surface area contributed by atoms with Crippen LogP contribution in [0.2, 0.25) is 0 Å². The third-order valence-electron chi connectivity index (χ3n) is 5.25. The average molecular weight is 376 g/mol. The first-order valence-electron chi connectivity index (χ1n) is 9.74. The van der Waals surface area contributed by atoms with Gasteiger partial charge < -0.3 is 9.52 Å². The maximum absolute atomic E-state index is 11.2. The van der Waals surface area contributed by atoms with Crippen molar-refractivity contribution in [1.29, 1.82) is 0 Å². The largest absolute Gasteiger partial charge is 0.478 e. The van der Waals surface area contributed by atoms with E-state index in [1.54, 1.807) is 18.2 Å². The van der Waals surface area contributed by atoms with Gasteiger partial charge >= 0.3 is 5.97 Å². The van der Waals surface area contributed by atoms with Gasteiger partial charge in [-0.25, -0.2) is 9.78 Å². The van der Waals surface area contributed by atoms with Gasteiger partial charge in [-0.3, -0.25) is 4.90 Å². The minimum absolute atomic E-state index is 0.131. The van der Waals surface area contributed by atoms with E-state index in [-0.39, 0.29) is 6.04 Å². The van der Waals surface area contributed by atoms with Crippen LogP contribution in [0.1, 0.15) is 58.4 Å². The molecule has 1 atom stereocenters. The van der Waals surface area contributed by atoms with Crippen molar-refractivity contribution in [2.24, 2.45) is 0 Å². The quantitative estimate of drug-likeness (QED) is 0.676. The third-order valence-corrected chi connectivity index (χ3v) is 5.25. The number of oxazole rings is 1. The Balaban J connectivity index is 1.50. The molecular weight excluding hydrogens is 352 g/mol. The van der Waals surface area contributed by atoms with Gasteiger partial charge in [0.15, 0.2) is 0 Å². The van der Waals surface area contributed by atoms with Crippen LogP contribution in [0.3, 0.4) is 0 Å². The molecule has 1 fully saturated rings. The van der Waals surface area contributed by atoms with Gasteiger partial charge in [0, 0.05) is 13.0 Å². The predicted molar refractivity (Wildman–Crippen MR) is 106 cm³/mol. The number of aromatic carboxylic acids is 1. The van der Waals surface area contributed by atoms with E-state index in [0.29, 0.717) is 12.1 Å². The number of aromatic nitrogens is 1. The molecule has 5 heteroatoms. The fraction of sp³-hybridized carbons (Fsp3) is 0.304. The zero-order chi connectivity index (χ0) is 19.3. The standard InChI is InChI=1S/C23H24N2O3/c26-23(27)19-10-6-9-18(13-19)16-25-12-5-4-11-21(25)22-24-15-20(28-22)14-17-7-2-1-3-8-17/h1-3,6-10,13,15,21H,4-5,11-12,14,16H2,(H,26,27)/t21-/m0/s1. The third kappa shape index (κ3) is 4.31. The molecular formula is C23H24N2O3. The molecule has 1 saturated heterocycles. The number of carbonyl (C=O) groups is 1. The number of carboxylic acids is 1. The lowest BCUT2D eigenvalue weighted by Gasteiger charge is -2.33. The maximum atomic E-state index is 11.2. The second-order valence-corrected chi connectivity index (χ2v) is 7.31. The number of hydrogen-bond acceptors (Lipinski definition) is 4. The van der Waals surface area contributed by atoms with Gasteiger partial charge in [0.05, 0.1) is 17.8 Å². The molecule has 28 heavy (non-hydrogen) atoms. The summed E-state index contributed by atoms with van der Waals surface area (Å²) in [6.07, 6.45) is 5.85. The van der Waals surface area contributed by atoms with Gasteiger partial charge in [-0.05, 0) is 42.6 Å². The summed E-state index contributed by atoms with van der Waals surface area (Å²) in [5.41, 5.74) is 2.53. The highest BCUT2D eigenvalue weighted by molar-refractivity contribution is 5.87. The molecule has 2 heterocycles. The van der Waals surface area contributed by atoms with Crippen LogP contribution in [0.4, 0.5) is 0 Å². The molecule has 1 aliphatic rings. The second-order valence-electron chi connectivity index (χ2n) is 7.31. The summed E-state index contributed by atoms with van der Waals surface area (Å²) in [7, 11) is 0. The predicted octanol–water partition coefficient (Wildman–Crippen LogP) is 4.69. The van der Waals surface area contributed by atoms with Crippen LogP contribution >= 0.6 is 0 Å². The molecule has 1 aromatic heterocycles. The van der Waals surface area contributed by atoms with Crippen molar-refractivity contribution in [2.75, 3.05) is 6.54 Å². The molecule has 3 aromatic rings. The fourth-order valence-corrected chi connectivity index (χ4v) is 3.85. The molecule has 0 unspecified atom stereocenters. The molecule has 1 aliphatic heterocycles. The van der Waals surface area contributed by atoms with Gasteiger partial charge in [-0.1, -0.05) is 48.9 Å². The summed E-state index contributed by atoms with van der Waals surface area (Å²) >= 11 is 0. The Morgan fingerprint density at radius 2 is 1.93 bits per heavy atom. The van der Waals surface area contributed by atoms with Gasteiger partial charge in [-0.15, -0.1) is 0 Å². The van der Waals surface area contributed by atoms with Crippen LogP contribution in [0.5, 0.6) is 0 Å². The van der Waals surface area contributed by atoms with E-state index >= 15 is 0 Å². The maximum Gasteiger partial charge on any atom is 0.335 e. The van der Waals surface area contributed by atoms with Gasteiger partial charge in [0.1, 0.15) is 5.76 Å². The summed E-state index contributed by atoms with van der Waals surface area (Å²) in [5.74, 6) is 0.745. The summed E-state index contributed by atoms with van der Waals surface area (Å²) in [6.45, 7) is 1.65. The zero-order valence-corrected chi connectivity index (χ0v) is 15.8. The topological polar surface area (TPSA) is 66.6 Å². The van der Waals surface area contributed by atoms with Crippen molar-refractivity contribution in [1.82, 2.24) is 9.88 Å². The summed E-state index contributed by atoms with van der Waals surface area (Å²) < 4.78 is 6.11. The van der Waals surface area contributed by atoms with E-state index in [2.05, 4.69) is 22.0 Å². The SMILES string of the molecule is O=C(O)c1cccc(CN2CCCC[C@H]2c2ncc(Cc3ccccc3)o2)c1. The molecule has 0 aliphatic carbocycles. The average Bonchev–Trinajstić information content (AvgIpc) is 3.17. The number of likely N-dealkylation sites (tertiary alicyclic amines) is 1. The molecule has 2 aromatic carbocycles. The van der Waals surface area contributed by atoms with Crippen molar-refractivity contribution in [3.8, 4) is 0 Å². The Kier molecular flexibility index (Phi) is 5.53. The number of carboxylic acid groups (broad SMARTS) is 1. The van der Waals surface area contributed by atoms with Crippen molar-refractivity contribution >= 4 is 5.97 Å². The Morgan fingerprint density at radius 1 is 1.11 bits per heavy atom. The Bertz CT molecular complexity index is 936. The van der Waals surface area contributed by atoms with E-state index in [1.165, 1.54) is 5.56 Å². The molecule has 0 radical (unpaired) electrons. The van der Waals surface area contributed by atoms with E-state index in [0.717, 1.165) is 49.4 Å². The Morgan fingerprint density at radius 3 is 2.75 bits per heavy atom. The highest BCUT2D eigenvalue weighted by Crippen LogP contribution is 2.32. The summed E-state index contributed by atoms with van der Waals surface area (Å²) in [5, 5.41) is 9.23. The van der Waals surface area contributed by atoms with Crippen LogP contribution in [-0.2, 0) is 13.0 Å². The first-order chi connectivity index (χ1) is 13.7. The molecule has 1 N–H and O–H groups in total. The molecule has 4 rings (SSSR count). The van der Waals surface area contributed by atoms with Gasteiger partial charge in [-0.2, -0.15) is 0 Å². The normalized spacial score (nSPS) is 17.5. The lowest BCUT2D eigenvalue weighted by Crippen LogP contribution is -2.33. The monoisotopic (exact) mass is 376 g/mol. The number of nitrogens with zero attached hydrogens (tertiary/aromatic N) is 2. The smallest absolute Gasteiger partial charge is 0.335 e. The Hall–Kier alpha value is -2.92. The number of piperidine rings is 1. The van der Waals surface area contributed by atoms with Crippen molar-refractivity contribution < 1.29 is 14.3 Å². The molecule has 5 nitrogen and oxygen atoms in total. The van der Waals surface area contributed by atoms with Crippen LogP contribution < -0.4 is 0 Å². The zero-order valence-electron chi connectivity index (χ0n) is 15.8. The van der Waals surface area contributed by atoms with Crippen molar-refractivity contribution in [3.63, 3.8) is 0 Å². The molecule has 0 spiro atoms. The van der Waals surface area contributed by atoms with Crippen LogP contribution in [0.25, 0.3) is 0 Å². The van der Waals surface area contributed by atoms with Gasteiger partial charge in [0.25, 0.3) is 0 Å². The van der Waals surface area contributed by atoms with E-state index in [4.69, 9.17) is 4.42 Å². The first-order valence-corrected chi connectivity index (χ1v) is 9.74. The second kappa shape index (κ2) is 8.40. The highest BCUT2D eigenvalue weighted by Gasteiger charge is 2.28. The lowest BCUT2D eigenvalue weighted by atomic mass is 10.0. The lowest BCUT2D eigenvalue weighted by molar-refractivity contribution is 0.0696. The van der Waals surface area contributed by atoms with E-state index < -0.39 is 5.97 Å². The summed E-state index contributed by atoms with van der Waals surface area (Å²) in [4.78, 5) is 18.2.